The summed E-state index contributed by atoms with van der Waals surface area (Å²) in [7, 11) is 1.91. The van der Waals surface area contributed by atoms with Gasteiger partial charge in [0.1, 0.15) is 11.6 Å². The van der Waals surface area contributed by atoms with E-state index in [1.54, 1.807) is 12.1 Å². The minimum Gasteiger partial charge on any atom is -0.493 e. The van der Waals surface area contributed by atoms with Crippen LogP contribution in [0.15, 0.2) is 47.6 Å². The molecule has 0 unspecified atom stereocenters. The number of benzene rings is 2. The number of ether oxygens (including phenoxy) is 1. The fraction of sp³-hybridized carbons (Fsp3) is 0.318. The Morgan fingerprint density at radius 1 is 1.13 bits per heavy atom. The topological polar surface area (TPSA) is 69.0 Å². The number of hydrogen-bond donors (Lipinski definition) is 1. The number of halogens is 2. The van der Waals surface area contributed by atoms with Crippen molar-refractivity contribution in [1.29, 1.82) is 0 Å². The summed E-state index contributed by atoms with van der Waals surface area (Å²) in [5, 5.41) is 13.4. The van der Waals surface area contributed by atoms with Crippen molar-refractivity contribution in [3.8, 4) is 5.75 Å². The first kappa shape index (κ1) is 23.4. The Kier molecular flexibility index (Phi) is 8.63. The number of carbonyl (C=O) groups excluding carboxylic acids is 1. The van der Waals surface area contributed by atoms with E-state index in [1.165, 1.54) is 11.8 Å². The van der Waals surface area contributed by atoms with Crippen molar-refractivity contribution in [3.63, 3.8) is 0 Å². The lowest BCUT2D eigenvalue weighted by Crippen LogP contribution is -2.24. The number of nitrogens with one attached hydrogen (secondary N) is 1. The van der Waals surface area contributed by atoms with Crippen molar-refractivity contribution in [2.45, 2.75) is 31.5 Å². The second kappa shape index (κ2) is 11.4. The van der Waals surface area contributed by atoms with Crippen molar-refractivity contribution in [1.82, 2.24) is 20.1 Å². The third-order valence-corrected chi connectivity index (χ3v) is 6.11. The van der Waals surface area contributed by atoms with Crippen LogP contribution in [0.4, 0.5) is 0 Å². The normalized spacial score (nSPS) is 10.8. The zero-order valence-electron chi connectivity index (χ0n) is 17.4. The lowest BCUT2D eigenvalue weighted by molar-refractivity contribution is -0.118. The van der Waals surface area contributed by atoms with Gasteiger partial charge in [-0.3, -0.25) is 4.79 Å². The van der Waals surface area contributed by atoms with Gasteiger partial charge >= 0.3 is 0 Å². The largest absolute Gasteiger partial charge is 0.493 e. The van der Waals surface area contributed by atoms with Gasteiger partial charge in [0.25, 0.3) is 0 Å². The summed E-state index contributed by atoms with van der Waals surface area (Å²) >= 11 is 13.2. The molecule has 0 aliphatic rings. The SMILES string of the molecule is Cc1cc(Cl)ccc1OCCCc1nnc(SCC(=O)NCc2ccc(Cl)cc2)n1C. The van der Waals surface area contributed by atoms with Crippen molar-refractivity contribution in [2.24, 2.45) is 7.05 Å². The molecule has 6 nitrogen and oxygen atoms in total. The zero-order chi connectivity index (χ0) is 22.2. The van der Waals surface area contributed by atoms with Crippen molar-refractivity contribution in [2.75, 3.05) is 12.4 Å². The molecule has 3 aromatic rings. The molecule has 0 fully saturated rings. The van der Waals surface area contributed by atoms with E-state index in [2.05, 4.69) is 15.5 Å². The minimum absolute atomic E-state index is 0.0590. The molecule has 3 rings (SSSR count). The standard InChI is InChI=1S/C22H24Cl2N4O2S/c1-15-12-18(24)9-10-19(15)30-11-3-4-20-26-27-22(28(20)2)31-14-21(29)25-13-16-5-7-17(23)8-6-16/h5-10,12H,3-4,11,13-14H2,1-2H3,(H,25,29). The number of hydrogen-bond acceptors (Lipinski definition) is 5. The zero-order valence-corrected chi connectivity index (χ0v) is 19.7. The van der Waals surface area contributed by atoms with Crippen molar-refractivity contribution in [3.05, 3.63) is 69.5 Å². The molecule has 0 saturated carbocycles. The first-order chi connectivity index (χ1) is 14.9. The van der Waals surface area contributed by atoms with Crippen LogP contribution < -0.4 is 10.1 Å². The second-order valence-electron chi connectivity index (χ2n) is 7.01. The molecule has 0 saturated heterocycles. The van der Waals surface area contributed by atoms with E-state index in [4.69, 9.17) is 27.9 Å². The van der Waals surface area contributed by atoms with Crippen LogP contribution in [0, 0.1) is 6.92 Å². The average Bonchev–Trinajstić information content (AvgIpc) is 3.10. The van der Waals surface area contributed by atoms with Gasteiger partial charge in [-0.2, -0.15) is 0 Å². The maximum Gasteiger partial charge on any atom is 0.230 e. The van der Waals surface area contributed by atoms with Gasteiger partial charge in [-0.05, 0) is 54.8 Å². The number of aryl methyl sites for hydroxylation is 2. The summed E-state index contributed by atoms with van der Waals surface area (Å²) in [5.41, 5.74) is 2.01. The number of thioether (sulfide) groups is 1. The summed E-state index contributed by atoms with van der Waals surface area (Å²) < 4.78 is 7.75. The fourth-order valence-corrected chi connectivity index (χ4v) is 3.97. The van der Waals surface area contributed by atoms with Crippen LogP contribution in [0.2, 0.25) is 10.0 Å². The third-order valence-electron chi connectivity index (χ3n) is 4.60. The van der Waals surface area contributed by atoms with Crippen molar-refractivity contribution >= 4 is 40.9 Å². The summed E-state index contributed by atoms with van der Waals surface area (Å²) in [5.74, 6) is 1.92. The molecular formula is C22H24Cl2N4O2S. The fourth-order valence-electron chi connectivity index (χ4n) is 2.86. The van der Waals surface area contributed by atoms with Crippen LogP contribution >= 0.6 is 35.0 Å². The predicted octanol–water partition coefficient (Wildman–Crippen LogP) is 4.85. The number of nitrogens with zero attached hydrogens (tertiary/aromatic N) is 3. The highest BCUT2D eigenvalue weighted by Gasteiger charge is 2.11. The molecule has 0 spiro atoms. The smallest absolute Gasteiger partial charge is 0.230 e. The molecule has 0 bridgehead atoms. The highest BCUT2D eigenvalue weighted by Crippen LogP contribution is 2.22. The molecule has 0 aliphatic heterocycles. The van der Waals surface area contributed by atoms with Crippen LogP contribution in [0.1, 0.15) is 23.4 Å². The molecule has 0 aliphatic carbocycles. The maximum atomic E-state index is 12.1. The highest BCUT2D eigenvalue weighted by molar-refractivity contribution is 7.99. The van der Waals surface area contributed by atoms with Crippen LogP contribution in [-0.4, -0.2) is 33.0 Å². The van der Waals surface area contributed by atoms with E-state index >= 15 is 0 Å². The first-order valence-electron chi connectivity index (χ1n) is 9.83. The maximum absolute atomic E-state index is 12.1. The monoisotopic (exact) mass is 478 g/mol. The molecule has 31 heavy (non-hydrogen) atoms. The van der Waals surface area contributed by atoms with E-state index in [9.17, 15) is 4.79 Å². The summed E-state index contributed by atoms with van der Waals surface area (Å²) in [6.07, 6.45) is 1.54. The third kappa shape index (κ3) is 7.16. The van der Waals surface area contributed by atoms with E-state index in [0.29, 0.717) is 28.4 Å². The molecule has 1 heterocycles. The van der Waals surface area contributed by atoms with E-state index < -0.39 is 0 Å². The minimum atomic E-state index is -0.0590. The lowest BCUT2D eigenvalue weighted by atomic mass is 10.2. The number of aromatic nitrogens is 3. The quantitative estimate of drug-likeness (QED) is 0.333. The number of amides is 1. The summed E-state index contributed by atoms with van der Waals surface area (Å²) in [4.78, 5) is 12.1. The molecule has 1 amide bonds. The van der Waals surface area contributed by atoms with Crippen LogP contribution in [-0.2, 0) is 24.8 Å². The Labute approximate surface area is 196 Å². The molecule has 0 radical (unpaired) electrons. The van der Waals surface area contributed by atoms with Gasteiger partial charge < -0.3 is 14.6 Å². The lowest BCUT2D eigenvalue weighted by Gasteiger charge is -2.09. The van der Waals surface area contributed by atoms with Crippen molar-refractivity contribution < 1.29 is 9.53 Å². The van der Waals surface area contributed by atoms with E-state index in [0.717, 1.165) is 35.5 Å². The Bertz CT molecular complexity index is 1020. The average molecular weight is 479 g/mol. The summed E-state index contributed by atoms with van der Waals surface area (Å²) in [6, 6.07) is 13.0. The predicted molar refractivity (Wildman–Crippen MR) is 125 cm³/mol. The molecule has 0 atom stereocenters. The molecular weight excluding hydrogens is 455 g/mol. The van der Waals surface area contributed by atoms with Gasteiger partial charge in [-0.15, -0.1) is 10.2 Å². The molecule has 1 aromatic heterocycles. The Hall–Kier alpha value is -2.22. The number of carbonyl (C=O) groups is 1. The van der Waals surface area contributed by atoms with E-state index in [-0.39, 0.29) is 11.7 Å². The highest BCUT2D eigenvalue weighted by atomic mass is 35.5. The van der Waals surface area contributed by atoms with Gasteiger partial charge in [-0.25, -0.2) is 0 Å². The molecule has 1 N–H and O–H groups in total. The van der Waals surface area contributed by atoms with Crippen LogP contribution in [0.5, 0.6) is 5.75 Å². The molecule has 9 heteroatoms. The Morgan fingerprint density at radius 3 is 2.61 bits per heavy atom. The molecule has 164 valence electrons. The van der Waals surface area contributed by atoms with Gasteiger partial charge in [0.15, 0.2) is 5.16 Å². The van der Waals surface area contributed by atoms with Crippen LogP contribution in [0.3, 0.4) is 0 Å². The van der Waals surface area contributed by atoms with Gasteiger partial charge in [0, 0.05) is 30.1 Å². The summed E-state index contributed by atoms with van der Waals surface area (Å²) in [6.45, 7) is 3.01. The Balaban J connectivity index is 1.40. The Morgan fingerprint density at radius 2 is 1.87 bits per heavy atom. The molecule has 2 aromatic carbocycles. The van der Waals surface area contributed by atoms with E-state index in [1.807, 2.05) is 48.9 Å². The number of rotatable bonds is 10. The van der Waals surface area contributed by atoms with Crippen LogP contribution in [0.25, 0.3) is 0 Å². The second-order valence-corrected chi connectivity index (χ2v) is 8.83. The first-order valence-corrected chi connectivity index (χ1v) is 11.6. The van der Waals surface area contributed by atoms with Gasteiger partial charge in [-0.1, -0.05) is 47.1 Å². The van der Waals surface area contributed by atoms with Gasteiger partial charge in [0.05, 0.1) is 12.4 Å². The van der Waals surface area contributed by atoms with Gasteiger partial charge in [0.2, 0.25) is 5.91 Å².